The molecule has 3 aromatic rings. The molecule has 2 heterocycles. The maximum Gasteiger partial charge on any atom is 0.418 e. The molecule has 0 radical (unpaired) electrons. The summed E-state index contributed by atoms with van der Waals surface area (Å²) in [6.07, 6.45) is -3.31. The number of alkyl halides is 3. The van der Waals surface area contributed by atoms with Crippen molar-refractivity contribution >= 4 is 38.4 Å². The minimum atomic E-state index is -4.53. The van der Waals surface area contributed by atoms with E-state index in [0.29, 0.717) is 4.67 Å². The Morgan fingerprint density at radius 2 is 1.96 bits per heavy atom. The smallest absolute Gasteiger partial charge is 0.418 e. The Kier molecular flexibility index (Phi) is 3.85. The fourth-order valence-electron chi connectivity index (χ4n) is 2.13. The molecule has 1 N–H and O–H groups in total. The van der Waals surface area contributed by atoms with Gasteiger partial charge in [0.1, 0.15) is 0 Å². The first kappa shape index (κ1) is 15.5. The van der Waals surface area contributed by atoms with Gasteiger partial charge in [-0.25, -0.2) is 0 Å². The highest BCUT2D eigenvalue weighted by Crippen LogP contribution is 2.35. The molecule has 1 aromatic carbocycles. The topological polar surface area (TPSA) is 55.1 Å². The van der Waals surface area contributed by atoms with Crippen LogP contribution in [0, 0.1) is 0 Å². The number of carbonyl (C=O) groups excluding carboxylic acids is 1. The van der Waals surface area contributed by atoms with Gasteiger partial charge in [0.2, 0.25) is 0 Å². The van der Waals surface area contributed by atoms with E-state index in [2.05, 4.69) is 26.2 Å². The second kappa shape index (κ2) is 5.69. The van der Waals surface area contributed by atoms with E-state index in [-0.39, 0.29) is 22.4 Å². The van der Waals surface area contributed by atoms with Gasteiger partial charge in [0.05, 0.1) is 16.8 Å². The number of rotatable bonds is 2. The Morgan fingerprint density at radius 1 is 1.17 bits per heavy atom. The minimum absolute atomic E-state index is 0.0359. The molecule has 0 bridgehead atoms. The van der Waals surface area contributed by atoms with Crippen LogP contribution in [0.4, 0.5) is 18.9 Å². The number of nitrogens with one attached hydrogen (secondary N) is 1. The van der Waals surface area contributed by atoms with Gasteiger partial charge in [-0.1, -0.05) is 12.1 Å². The molecule has 0 aliphatic carbocycles. The molecule has 0 saturated heterocycles. The SMILES string of the molecule is O=C(Nc1ccnc2c(C(F)(F)F)cccc12)c1ccc(Br)o1. The van der Waals surface area contributed by atoms with E-state index < -0.39 is 17.6 Å². The number of fused-ring (bicyclic) bond motifs is 1. The van der Waals surface area contributed by atoms with Crippen molar-refractivity contribution in [3.05, 3.63) is 58.6 Å². The predicted octanol–water partition coefficient (Wildman–Crippen LogP) is 4.86. The zero-order chi connectivity index (χ0) is 16.6. The Morgan fingerprint density at radius 3 is 2.61 bits per heavy atom. The molecule has 0 aliphatic heterocycles. The van der Waals surface area contributed by atoms with E-state index in [1.807, 2.05) is 0 Å². The lowest BCUT2D eigenvalue weighted by Gasteiger charge is -2.12. The van der Waals surface area contributed by atoms with Crippen molar-refractivity contribution in [1.29, 1.82) is 0 Å². The van der Waals surface area contributed by atoms with E-state index in [1.165, 1.54) is 30.5 Å². The van der Waals surface area contributed by atoms with Crippen LogP contribution in [0.1, 0.15) is 16.1 Å². The van der Waals surface area contributed by atoms with E-state index in [4.69, 9.17) is 4.42 Å². The number of hydrogen-bond acceptors (Lipinski definition) is 3. The molecule has 4 nitrogen and oxygen atoms in total. The first-order valence-electron chi connectivity index (χ1n) is 6.38. The monoisotopic (exact) mass is 384 g/mol. The Balaban J connectivity index is 2.04. The van der Waals surface area contributed by atoms with Crippen LogP contribution < -0.4 is 5.32 Å². The van der Waals surface area contributed by atoms with Crippen LogP contribution in [-0.4, -0.2) is 10.9 Å². The highest BCUT2D eigenvalue weighted by molar-refractivity contribution is 9.10. The largest absolute Gasteiger partial charge is 0.444 e. The summed E-state index contributed by atoms with van der Waals surface area (Å²) in [6, 6.07) is 8.10. The number of para-hydroxylation sites is 1. The number of halogens is 4. The maximum atomic E-state index is 13.0. The van der Waals surface area contributed by atoms with Gasteiger partial charge in [-0.15, -0.1) is 0 Å². The highest BCUT2D eigenvalue weighted by Gasteiger charge is 2.33. The van der Waals surface area contributed by atoms with Crippen LogP contribution in [-0.2, 0) is 6.18 Å². The average Bonchev–Trinajstić information content (AvgIpc) is 2.93. The molecule has 0 spiro atoms. The summed E-state index contributed by atoms with van der Waals surface area (Å²) in [5, 5.41) is 2.73. The second-order valence-corrected chi connectivity index (χ2v) is 5.40. The van der Waals surface area contributed by atoms with Crippen molar-refractivity contribution in [3.8, 4) is 0 Å². The molecule has 118 valence electrons. The van der Waals surface area contributed by atoms with Crippen LogP contribution in [0.5, 0.6) is 0 Å². The third-order valence-electron chi connectivity index (χ3n) is 3.12. The lowest BCUT2D eigenvalue weighted by atomic mass is 10.1. The lowest BCUT2D eigenvalue weighted by molar-refractivity contribution is -0.136. The third-order valence-corrected chi connectivity index (χ3v) is 3.55. The van der Waals surface area contributed by atoms with Crippen LogP contribution >= 0.6 is 15.9 Å². The zero-order valence-corrected chi connectivity index (χ0v) is 12.9. The van der Waals surface area contributed by atoms with Gasteiger partial charge < -0.3 is 9.73 Å². The number of carbonyl (C=O) groups is 1. The van der Waals surface area contributed by atoms with Crippen LogP contribution in [0.2, 0.25) is 0 Å². The zero-order valence-electron chi connectivity index (χ0n) is 11.3. The van der Waals surface area contributed by atoms with Gasteiger partial charge in [-0.2, -0.15) is 13.2 Å². The van der Waals surface area contributed by atoms with E-state index in [9.17, 15) is 18.0 Å². The summed E-state index contributed by atoms with van der Waals surface area (Å²) in [5.74, 6) is -0.533. The molecular weight excluding hydrogens is 377 g/mol. The summed E-state index contributed by atoms with van der Waals surface area (Å²) in [4.78, 5) is 15.9. The van der Waals surface area contributed by atoms with Crippen LogP contribution in [0.25, 0.3) is 10.9 Å². The summed E-state index contributed by atoms with van der Waals surface area (Å²) in [7, 11) is 0. The summed E-state index contributed by atoms with van der Waals surface area (Å²) in [5.41, 5.74) is -0.858. The summed E-state index contributed by atoms with van der Waals surface area (Å²) < 4.78 is 44.6. The summed E-state index contributed by atoms with van der Waals surface area (Å²) in [6.45, 7) is 0. The molecule has 0 atom stereocenters. The number of benzene rings is 1. The van der Waals surface area contributed by atoms with Gasteiger partial charge in [0, 0.05) is 11.6 Å². The van der Waals surface area contributed by atoms with Gasteiger partial charge in [-0.3, -0.25) is 9.78 Å². The number of aromatic nitrogens is 1. The van der Waals surface area contributed by atoms with Crippen molar-refractivity contribution in [2.24, 2.45) is 0 Å². The Bertz CT molecular complexity index is 890. The molecule has 0 unspecified atom stereocenters. The number of hydrogen-bond donors (Lipinski definition) is 1. The van der Waals surface area contributed by atoms with Crippen molar-refractivity contribution < 1.29 is 22.4 Å². The first-order chi connectivity index (χ1) is 10.9. The quantitative estimate of drug-likeness (QED) is 0.686. The number of pyridine rings is 1. The minimum Gasteiger partial charge on any atom is -0.444 e. The predicted molar refractivity (Wildman–Crippen MR) is 81.1 cm³/mol. The van der Waals surface area contributed by atoms with Gasteiger partial charge in [0.25, 0.3) is 5.91 Å². The van der Waals surface area contributed by atoms with Gasteiger partial charge in [0.15, 0.2) is 10.4 Å². The molecule has 0 saturated carbocycles. The lowest BCUT2D eigenvalue weighted by Crippen LogP contribution is -2.12. The van der Waals surface area contributed by atoms with E-state index in [1.54, 1.807) is 6.07 Å². The van der Waals surface area contributed by atoms with Crippen LogP contribution in [0.15, 0.2) is 51.7 Å². The van der Waals surface area contributed by atoms with Gasteiger partial charge >= 0.3 is 6.18 Å². The van der Waals surface area contributed by atoms with E-state index >= 15 is 0 Å². The van der Waals surface area contributed by atoms with Crippen molar-refractivity contribution in [3.63, 3.8) is 0 Å². The molecule has 8 heteroatoms. The maximum absolute atomic E-state index is 13.0. The third kappa shape index (κ3) is 3.07. The van der Waals surface area contributed by atoms with Gasteiger partial charge in [-0.05, 0) is 40.2 Å². The van der Waals surface area contributed by atoms with Crippen molar-refractivity contribution in [2.45, 2.75) is 6.18 Å². The number of furan rings is 1. The number of anilines is 1. The number of amides is 1. The Hall–Kier alpha value is -2.35. The molecule has 0 fully saturated rings. The Labute approximate surface area is 136 Å². The second-order valence-electron chi connectivity index (χ2n) is 4.62. The molecule has 2 aromatic heterocycles. The van der Waals surface area contributed by atoms with Crippen molar-refractivity contribution in [2.75, 3.05) is 5.32 Å². The first-order valence-corrected chi connectivity index (χ1v) is 7.17. The van der Waals surface area contributed by atoms with Crippen LogP contribution in [0.3, 0.4) is 0 Å². The highest BCUT2D eigenvalue weighted by atomic mass is 79.9. The number of nitrogens with zero attached hydrogens (tertiary/aromatic N) is 1. The normalized spacial score (nSPS) is 11.7. The molecule has 0 aliphatic rings. The van der Waals surface area contributed by atoms with Crippen molar-refractivity contribution in [1.82, 2.24) is 4.98 Å². The fourth-order valence-corrected chi connectivity index (χ4v) is 2.44. The van der Waals surface area contributed by atoms with E-state index in [0.717, 1.165) is 6.07 Å². The molecule has 3 rings (SSSR count). The molecule has 1 amide bonds. The molecular formula is C15H8BrF3N2O2. The summed E-state index contributed by atoms with van der Waals surface area (Å²) >= 11 is 3.08. The average molecular weight is 385 g/mol. The fraction of sp³-hybridized carbons (Fsp3) is 0.0667. The molecule has 23 heavy (non-hydrogen) atoms. The standard InChI is InChI=1S/C15H8BrF3N2O2/c16-12-5-4-11(23-12)14(22)21-10-6-7-20-13-8(10)2-1-3-9(13)15(17,18)19/h1-7H,(H,20,21,22).